The van der Waals surface area contributed by atoms with Crippen LogP contribution < -0.4 is 10.1 Å². The lowest BCUT2D eigenvalue weighted by atomic mass is 9.68. The van der Waals surface area contributed by atoms with Crippen molar-refractivity contribution in [1.29, 1.82) is 0 Å². The molecule has 1 aromatic carbocycles. The lowest BCUT2D eigenvalue weighted by Crippen LogP contribution is -2.52. The number of carbonyl (C=O) groups excluding carboxylic acids is 1. The molecule has 1 aromatic heterocycles. The van der Waals surface area contributed by atoms with Gasteiger partial charge in [-0.05, 0) is 49.0 Å². The van der Waals surface area contributed by atoms with E-state index >= 15 is 0 Å². The van der Waals surface area contributed by atoms with E-state index in [1.807, 2.05) is 12.1 Å². The van der Waals surface area contributed by atoms with E-state index < -0.39 is 0 Å². The highest BCUT2D eigenvalue weighted by molar-refractivity contribution is 6.33. The standard InChI is InChI=1S/C27H38ClN3O3/c1-17-21(24(32)29-25-26(2,3)18-8-9-27(25,4)16-18)19-6-7-20(28)23(33-5)22(19)31(17)11-10-30-12-14-34-15-13-30/h6-7,18,25H,8-16H2,1-5H3,(H,29,32)/t18?,25-,27?/m0/s1. The van der Waals surface area contributed by atoms with Gasteiger partial charge in [0.2, 0.25) is 0 Å². The van der Waals surface area contributed by atoms with Gasteiger partial charge in [-0.25, -0.2) is 0 Å². The van der Waals surface area contributed by atoms with E-state index in [2.05, 4.69) is 42.5 Å². The maximum absolute atomic E-state index is 13.9. The summed E-state index contributed by atoms with van der Waals surface area (Å²) in [5.74, 6) is 1.33. The molecule has 0 spiro atoms. The number of methoxy groups -OCH3 is 1. The summed E-state index contributed by atoms with van der Waals surface area (Å²) < 4.78 is 13.5. The van der Waals surface area contributed by atoms with Crippen molar-refractivity contribution in [3.8, 4) is 5.75 Å². The molecule has 3 fully saturated rings. The summed E-state index contributed by atoms with van der Waals surface area (Å²) in [6, 6.07) is 3.99. The number of carbonyl (C=O) groups is 1. The van der Waals surface area contributed by atoms with E-state index in [1.165, 1.54) is 19.3 Å². The van der Waals surface area contributed by atoms with Gasteiger partial charge in [-0.1, -0.05) is 38.4 Å². The molecule has 1 saturated heterocycles. The van der Waals surface area contributed by atoms with Crippen LogP contribution in [0.4, 0.5) is 0 Å². The quantitative estimate of drug-likeness (QED) is 0.630. The second kappa shape index (κ2) is 8.72. The maximum Gasteiger partial charge on any atom is 0.253 e. The molecule has 3 aliphatic rings. The summed E-state index contributed by atoms with van der Waals surface area (Å²) in [7, 11) is 1.65. The average molecular weight is 488 g/mol. The van der Waals surface area contributed by atoms with E-state index in [0.717, 1.165) is 61.6 Å². The summed E-state index contributed by atoms with van der Waals surface area (Å²) in [5, 5.41) is 4.98. The fourth-order valence-electron chi connectivity index (χ4n) is 7.21. The van der Waals surface area contributed by atoms with Crippen molar-refractivity contribution >= 4 is 28.4 Å². The third-order valence-corrected chi connectivity index (χ3v) is 9.41. The van der Waals surface area contributed by atoms with Crippen molar-refractivity contribution in [1.82, 2.24) is 14.8 Å². The van der Waals surface area contributed by atoms with Gasteiger partial charge in [0.25, 0.3) is 5.91 Å². The zero-order chi connectivity index (χ0) is 24.3. The molecule has 3 atom stereocenters. The van der Waals surface area contributed by atoms with Crippen molar-refractivity contribution < 1.29 is 14.3 Å². The number of halogens is 1. The first kappa shape index (κ1) is 24.0. The van der Waals surface area contributed by atoms with Crippen LogP contribution in [-0.2, 0) is 11.3 Å². The fourth-order valence-corrected chi connectivity index (χ4v) is 7.44. The second-order valence-corrected chi connectivity index (χ2v) is 11.8. The van der Waals surface area contributed by atoms with E-state index in [-0.39, 0.29) is 22.8 Å². The minimum absolute atomic E-state index is 0.0175. The number of morpholine rings is 1. The van der Waals surface area contributed by atoms with Crippen molar-refractivity contribution in [3.63, 3.8) is 0 Å². The number of ether oxygens (including phenoxy) is 2. The van der Waals surface area contributed by atoms with E-state index in [0.29, 0.717) is 16.7 Å². The molecule has 34 heavy (non-hydrogen) atoms. The van der Waals surface area contributed by atoms with Crippen LogP contribution in [0.3, 0.4) is 0 Å². The number of rotatable bonds is 6. The highest BCUT2D eigenvalue weighted by atomic mass is 35.5. The molecule has 6 nitrogen and oxygen atoms in total. The van der Waals surface area contributed by atoms with Gasteiger partial charge < -0.3 is 19.4 Å². The van der Waals surface area contributed by atoms with Gasteiger partial charge in [-0.15, -0.1) is 0 Å². The molecule has 1 N–H and O–H groups in total. The molecule has 7 heteroatoms. The molecule has 2 bridgehead atoms. The van der Waals surface area contributed by atoms with Crippen molar-refractivity contribution in [2.24, 2.45) is 16.7 Å². The number of fused-ring (bicyclic) bond motifs is 3. The van der Waals surface area contributed by atoms with Crippen molar-refractivity contribution in [2.75, 3.05) is 40.0 Å². The fraction of sp³-hybridized carbons (Fsp3) is 0.667. The summed E-state index contributed by atoms with van der Waals surface area (Å²) in [4.78, 5) is 16.3. The Balaban J connectivity index is 1.52. The molecular weight excluding hydrogens is 450 g/mol. The lowest BCUT2D eigenvalue weighted by Gasteiger charge is -2.43. The monoisotopic (exact) mass is 487 g/mol. The van der Waals surface area contributed by atoms with E-state index in [4.69, 9.17) is 21.1 Å². The SMILES string of the molecule is COc1c(Cl)ccc2c(C(=O)N[C@@H]3C4(C)CCC(C4)C3(C)C)c(C)n(CCN3CCOCC3)c12. The number of hydrogen-bond donors (Lipinski definition) is 1. The highest BCUT2D eigenvalue weighted by Gasteiger charge is 2.59. The van der Waals surface area contributed by atoms with Gasteiger partial charge in [0.15, 0.2) is 5.75 Å². The van der Waals surface area contributed by atoms with Gasteiger partial charge >= 0.3 is 0 Å². The molecular formula is C27H38ClN3O3. The Kier molecular flexibility index (Phi) is 6.14. The van der Waals surface area contributed by atoms with Crippen molar-refractivity contribution in [3.05, 3.63) is 28.4 Å². The first-order chi connectivity index (χ1) is 16.2. The Labute approximate surface area is 207 Å². The molecule has 2 unspecified atom stereocenters. The van der Waals surface area contributed by atoms with Gasteiger partial charge in [-0.3, -0.25) is 9.69 Å². The molecule has 2 aromatic rings. The molecule has 1 aliphatic heterocycles. The summed E-state index contributed by atoms with van der Waals surface area (Å²) in [6.45, 7) is 14.1. The first-order valence-corrected chi connectivity index (χ1v) is 13.0. The summed E-state index contributed by atoms with van der Waals surface area (Å²) >= 11 is 6.54. The van der Waals surface area contributed by atoms with Crippen LogP contribution in [-0.4, -0.2) is 61.4 Å². The third kappa shape index (κ3) is 3.73. The Morgan fingerprint density at radius 3 is 2.62 bits per heavy atom. The highest BCUT2D eigenvalue weighted by Crippen LogP contribution is 2.62. The molecule has 2 saturated carbocycles. The maximum atomic E-state index is 13.9. The van der Waals surface area contributed by atoms with Gasteiger partial charge in [0, 0.05) is 43.3 Å². The predicted octanol–water partition coefficient (Wildman–Crippen LogP) is 4.89. The Bertz CT molecular complexity index is 1100. The van der Waals surface area contributed by atoms with Crippen LogP contribution in [0.15, 0.2) is 12.1 Å². The topological polar surface area (TPSA) is 55.7 Å². The lowest BCUT2D eigenvalue weighted by molar-refractivity contribution is 0.0365. The second-order valence-electron chi connectivity index (χ2n) is 11.4. The third-order valence-electron chi connectivity index (χ3n) is 9.11. The van der Waals surface area contributed by atoms with Gasteiger partial charge in [0.05, 0.1) is 36.4 Å². The molecule has 2 heterocycles. The minimum Gasteiger partial charge on any atom is -0.493 e. The van der Waals surface area contributed by atoms with E-state index in [9.17, 15) is 4.79 Å². The molecule has 186 valence electrons. The smallest absolute Gasteiger partial charge is 0.253 e. The van der Waals surface area contributed by atoms with Crippen LogP contribution in [0.25, 0.3) is 10.9 Å². The number of nitrogens with zero attached hydrogens (tertiary/aromatic N) is 2. The van der Waals surface area contributed by atoms with E-state index in [1.54, 1.807) is 7.11 Å². The van der Waals surface area contributed by atoms with Crippen LogP contribution in [0, 0.1) is 23.7 Å². The predicted molar refractivity (Wildman–Crippen MR) is 136 cm³/mol. The average Bonchev–Trinajstić information content (AvgIpc) is 3.40. The van der Waals surface area contributed by atoms with Gasteiger partial charge in [0.1, 0.15) is 0 Å². The normalized spacial score (nSPS) is 28.5. The zero-order valence-electron chi connectivity index (χ0n) is 21.2. The van der Waals surface area contributed by atoms with Crippen LogP contribution in [0.1, 0.15) is 56.1 Å². The number of aromatic nitrogens is 1. The minimum atomic E-state index is 0.0175. The Morgan fingerprint density at radius 2 is 1.97 bits per heavy atom. The molecule has 1 amide bonds. The van der Waals surface area contributed by atoms with Crippen LogP contribution in [0.2, 0.25) is 5.02 Å². The molecule has 2 aliphatic carbocycles. The zero-order valence-corrected chi connectivity index (χ0v) is 21.9. The number of benzene rings is 1. The summed E-state index contributed by atoms with van der Waals surface area (Å²) in [5.41, 5.74) is 2.89. The number of nitrogens with one attached hydrogen (secondary N) is 1. The summed E-state index contributed by atoms with van der Waals surface area (Å²) in [6.07, 6.45) is 3.66. The Morgan fingerprint density at radius 1 is 1.24 bits per heavy atom. The van der Waals surface area contributed by atoms with Crippen molar-refractivity contribution in [2.45, 2.75) is 59.5 Å². The largest absolute Gasteiger partial charge is 0.493 e. The number of hydrogen-bond acceptors (Lipinski definition) is 4. The first-order valence-electron chi connectivity index (χ1n) is 12.6. The van der Waals surface area contributed by atoms with Gasteiger partial charge in [-0.2, -0.15) is 0 Å². The molecule has 0 radical (unpaired) electrons. The number of amides is 1. The van der Waals surface area contributed by atoms with Crippen LogP contribution >= 0.6 is 11.6 Å². The molecule has 5 rings (SSSR count). The Hall–Kier alpha value is -1.76. The van der Waals surface area contributed by atoms with Crippen LogP contribution in [0.5, 0.6) is 5.75 Å².